The summed E-state index contributed by atoms with van der Waals surface area (Å²) in [7, 11) is 0. The Morgan fingerprint density at radius 1 is 1.17 bits per heavy atom. The van der Waals surface area contributed by atoms with Gasteiger partial charge in [0.2, 0.25) is 0 Å². The van der Waals surface area contributed by atoms with Gasteiger partial charge in [-0.15, -0.1) is 0 Å². The molecule has 8 heteroatoms. The first-order valence-electron chi connectivity index (χ1n) is 9.51. The highest BCUT2D eigenvalue weighted by Gasteiger charge is 2.35. The minimum Gasteiger partial charge on any atom is -0.490 e. The predicted molar refractivity (Wildman–Crippen MR) is 124 cm³/mol. The van der Waals surface area contributed by atoms with Crippen molar-refractivity contribution in [3.05, 3.63) is 61.9 Å². The van der Waals surface area contributed by atoms with Crippen LogP contribution in [0, 0.1) is 0 Å². The molecule has 5 nitrogen and oxygen atoms in total. The number of imide groups is 1. The molecule has 0 aliphatic carbocycles. The number of nitrogens with zero attached hydrogens (tertiary/aromatic N) is 1. The second-order valence-electron chi connectivity index (χ2n) is 6.51. The zero-order valence-corrected chi connectivity index (χ0v) is 19.8. The van der Waals surface area contributed by atoms with Crippen LogP contribution in [0.1, 0.15) is 31.4 Å². The molecule has 0 bridgehead atoms. The average molecular weight is 511 g/mol. The number of halogens is 2. The molecular formula is C22H21BrClNO4S. The van der Waals surface area contributed by atoms with Gasteiger partial charge in [0.25, 0.3) is 11.1 Å². The highest BCUT2D eigenvalue weighted by atomic mass is 79.9. The monoisotopic (exact) mass is 509 g/mol. The highest BCUT2D eigenvalue weighted by molar-refractivity contribution is 9.10. The fourth-order valence-corrected chi connectivity index (χ4v) is 4.51. The lowest BCUT2D eigenvalue weighted by atomic mass is 10.1. The van der Waals surface area contributed by atoms with Gasteiger partial charge in [-0.3, -0.25) is 14.5 Å². The van der Waals surface area contributed by atoms with Gasteiger partial charge in [0.1, 0.15) is 0 Å². The molecule has 1 aliphatic rings. The molecule has 0 saturated carbocycles. The molecule has 1 aliphatic heterocycles. The molecular weight excluding hydrogens is 490 g/mol. The van der Waals surface area contributed by atoms with E-state index in [0.717, 1.165) is 33.8 Å². The number of carbonyl (C=O) groups excluding carboxylic acids is 2. The highest BCUT2D eigenvalue weighted by Crippen LogP contribution is 2.39. The van der Waals surface area contributed by atoms with Crippen LogP contribution in [0.3, 0.4) is 0 Å². The first-order chi connectivity index (χ1) is 14.4. The quantitative estimate of drug-likeness (QED) is 0.378. The van der Waals surface area contributed by atoms with E-state index in [1.165, 1.54) is 4.90 Å². The number of benzene rings is 2. The van der Waals surface area contributed by atoms with E-state index in [1.54, 1.807) is 24.3 Å². The molecule has 1 fully saturated rings. The maximum atomic E-state index is 12.8. The molecule has 2 aromatic rings. The Morgan fingerprint density at radius 2 is 1.97 bits per heavy atom. The minimum atomic E-state index is -0.328. The lowest BCUT2D eigenvalue weighted by Gasteiger charge is -2.14. The van der Waals surface area contributed by atoms with Gasteiger partial charge in [-0.25, -0.2) is 0 Å². The molecule has 0 spiro atoms. The second-order valence-corrected chi connectivity index (χ2v) is 8.79. The van der Waals surface area contributed by atoms with Crippen molar-refractivity contribution in [2.75, 3.05) is 13.2 Å². The summed E-state index contributed by atoms with van der Waals surface area (Å²) in [5.41, 5.74) is 1.53. The summed E-state index contributed by atoms with van der Waals surface area (Å²) < 4.78 is 12.2. The van der Waals surface area contributed by atoms with Gasteiger partial charge in [-0.1, -0.05) is 30.7 Å². The number of thioether (sulfide) groups is 1. The molecule has 1 saturated heterocycles. The number of carbonyl (C=O) groups is 2. The van der Waals surface area contributed by atoms with Gasteiger partial charge < -0.3 is 9.47 Å². The van der Waals surface area contributed by atoms with Crippen molar-refractivity contribution < 1.29 is 19.1 Å². The smallest absolute Gasteiger partial charge is 0.293 e. The molecule has 158 valence electrons. The standard InChI is InChI=1S/C22H21BrClNO4S/c1-3-8-29-20-17(23)10-15(11-18(20)28-4-2)12-19-21(26)25(22(27)30-19)13-14-6-5-7-16(24)9-14/h5-7,9-12H,3-4,8,13H2,1-2H3/b19-12-. The Hall–Kier alpha value is -1.96. The molecule has 2 amide bonds. The van der Waals surface area contributed by atoms with Gasteiger partial charge in [0.15, 0.2) is 11.5 Å². The zero-order valence-electron chi connectivity index (χ0n) is 16.6. The Kier molecular flexibility index (Phi) is 7.86. The SMILES string of the molecule is CCCOc1c(Br)cc(/C=C2\SC(=O)N(Cc3cccc(Cl)c3)C2=O)cc1OCC. The van der Waals surface area contributed by atoms with Crippen molar-refractivity contribution in [2.45, 2.75) is 26.8 Å². The van der Waals surface area contributed by atoms with Crippen LogP contribution in [0.5, 0.6) is 11.5 Å². The average Bonchev–Trinajstić information content (AvgIpc) is 2.95. The van der Waals surface area contributed by atoms with Crippen molar-refractivity contribution >= 4 is 56.5 Å². The number of hydrogen-bond acceptors (Lipinski definition) is 5. The molecule has 0 N–H and O–H groups in total. The summed E-state index contributed by atoms with van der Waals surface area (Å²) in [6.07, 6.45) is 2.57. The largest absolute Gasteiger partial charge is 0.490 e. The molecule has 30 heavy (non-hydrogen) atoms. The van der Waals surface area contributed by atoms with E-state index in [2.05, 4.69) is 15.9 Å². The maximum Gasteiger partial charge on any atom is 0.293 e. The van der Waals surface area contributed by atoms with Crippen LogP contribution >= 0.6 is 39.3 Å². The van der Waals surface area contributed by atoms with E-state index >= 15 is 0 Å². The Labute approximate surface area is 193 Å². The van der Waals surface area contributed by atoms with Gasteiger partial charge in [0.05, 0.1) is 29.1 Å². The Balaban J connectivity index is 1.85. The third kappa shape index (κ3) is 5.39. The summed E-state index contributed by atoms with van der Waals surface area (Å²) in [6.45, 7) is 5.16. The lowest BCUT2D eigenvalue weighted by molar-refractivity contribution is -0.123. The topological polar surface area (TPSA) is 55.8 Å². The van der Waals surface area contributed by atoms with Gasteiger partial charge in [-0.2, -0.15) is 0 Å². The van der Waals surface area contributed by atoms with Crippen LogP contribution in [-0.2, 0) is 11.3 Å². The van der Waals surface area contributed by atoms with Crippen LogP contribution < -0.4 is 9.47 Å². The van der Waals surface area contributed by atoms with Crippen LogP contribution in [0.25, 0.3) is 6.08 Å². The third-order valence-corrected chi connectivity index (χ3v) is 5.91. The number of hydrogen-bond donors (Lipinski definition) is 0. The van der Waals surface area contributed by atoms with Crippen molar-refractivity contribution in [3.63, 3.8) is 0 Å². The molecule has 0 atom stereocenters. The Morgan fingerprint density at radius 3 is 2.67 bits per heavy atom. The van der Waals surface area contributed by atoms with E-state index in [0.29, 0.717) is 34.6 Å². The van der Waals surface area contributed by atoms with Crippen LogP contribution in [0.4, 0.5) is 4.79 Å². The fraction of sp³-hybridized carbons (Fsp3) is 0.273. The van der Waals surface area contributed by atoms with E-state index in [-0.39, 0.29) is 17.7 Å². The van der Waals surface area contributed by atoms with Crippen LogP contribution in [0.2, 0.25) is 5.02 Å². The fourth-order valence-electron chi connectivity index (χ4n) is 2.88. The first kappa shape index (κ1) is 22.7. The maximum absolute atomic E-state index is 12.8. The summed E-state index contributed by atoms with van der Waals surface area (Å²) in [6, 6.07) is 10.8. The van der Waals surface area contributed by atoms with E-state index in [4.69, 9.17) is 21.1 Å². The van der Waals surface area contributed by atoms with E-state index < -0.39 is 0 Å². The third-order valence-electron chi connectivity index (χ3n) is 4.18. The van der Waals surface area contributed by atoms with Gasteiger partial charge in [-0.05, 0) is 82.5 Å². The lowest BCUT2D eigenvalue weighted by Crippen LogP contribution is -2.27. The summed E-state index contributed by atoms with van der Waals surface area (Å²) in [5, 5.41) is 0.256. The van der Waals surface area contributed by atoms with E-state index in [1.807, 2.05) is 32.0 Å². The first-order valence-corrected chi connectivity index (χ1v) is 11.5. The molecule has 2 aromatic carbocycles. The number of amides is 2. The summed E-state index contributed by atoms with van der Waals surface area (Å²) >= 11 is 10.5. The van der Waals surface area contributed by atoms with E-state index in [9.17, 15) is 9.59 Å². The molecule has 0 radical (unpaired) electrons. The van der Waals surface area contributed by atoms with Crippen LogP contribution in [-0.4, -0.2) is 29.3 Å². The Bertz CT molecular complexity index is 995. The number of ether oxygens (including phenoxy) is 2. The van der Waals surface area contributed by atoms with Crippen molar-refractivity contribution in [1.29, 1.82) is 0 Å². The number of rotatable bonds is 8. The van der Waals surface area contributed by atoms with Gasteiger partial charge in [0, 0.05) is 5.02 Å². The van der Waals surface area contributed by atoms with Crippen LogP contribution in [0.15, 0.2) is 45.8 Å². The molecule has 3 rings (SSSR count). The second kappa shape index (κ2) is 10.4. The van der Waals surface area contributed by atoms with Crippen molar-refractivity contribution in [1.82, 2.24) is 4.90 Å². The molecule has 1 heterocycles. The summed E-state index contributed by atoms with van der Waals surface area (Å²) in [5.74, 6) is 0.889. The normalized spacial score (nSPS) is 15.2. The summed E-state index contributed by atoms with van der Waals surface area (Å²) in [4.78, 5) is 26.8. The van der Waals surface area contributed by atoms with Crippen molar-refractivity contribution in [2.24, 2.45) is 0 Å². The molecule has 0 aromatic heterocycles. The van der Waals surface area contributed by atoms with Gasteiger partial charge >= 0.3 is 0 Å². The molecule has 0 unspecified atom stereocenters. The van der Waals surface area contributed by atoms with Crippen molar-refractivity contribution in [3.8, 4) is 11.5 Å². The predicted octanol–water partition coefficient (Wildman–Crippen LogP) is 6.53. The zero-order chi connectivity index (χ0) is 21.7. The minimum absolute atomic E-state index is 0.181.